The Morgan fingerprint density at radius 1 is 0.714 bits per heavy atom. The normalized spacial score (nSPS) is 3.71. The minimum atomic E-state index is -4.29. The van der Waals surface area contributed by atoms with Crippen LogP contribution in [0, 0.1) is 0 Å². The fourth-order valence-electron chi connectivity index (χ4n) is 0. The third-order valence-electron chi connectivity index (χ3n) is 0. The summed E-state index contributed by atoms with van der Waals surface area (Å²) in [6, 6.07) is 0. The SMILES string of the molecule is [Ag].[O]=[Sn]([O-])[O-].[O]=[Sn]([O-])[O-].[Ti].[Ti].[Zn+2].[Zn+2].[Zn]. The van der Waals surface area contributed by atoms with Gasteiger partial charge < -0.3 is 0 Å². The number of hydrogen-bond acceptors (Lipinski definition) is 6. The zero-order valence-electron chi connectivity index (χ0n) is 6.87. The average molecular weight is 733 g/mol. The minimum absolute atomic E-state index is 0. The van der Waals surface area contributed by atoms with Gasteiger partial charge in [0.25, 0.3) is 0 Å². The maximum atomic E-state index is 8.61. The van der Waals surface area contributed by atoms with Crippen LogP contribution in [0.5, 0.6) is 0 Å². The van der Waals surface area contributed by atoms with Crippen LogP contribution in [-0.4, -0.2) is 41.1 Å². The van der Waals surface area contributed by atoms with Gasteiger partial charge in [0.1, 0.15) is 0 Å². The number of hydrogen-bond donors (Lipinski definition) is 0. The van der Waals surface area contributed by atoms with Crippen molar-refractivity contribution in [3.8, 4) is 0 Å². The second-order valence-electron chi connectivity index (χ2n) is 0.500. The Morgan fingerprint density at radius 3 is 0.714 bits per heavy atom. The topological polar surface area (TPSA) is 126 Å². The van der Waals surface area contributed by atoms with Crippen molar-refractivity contribution in [2.45, 2.75) is 0 Å². The molecule has 14 heavy (non-hydrogen) atoms. The number of rotatable bonds is 0. The molecule has 0 heterocycles. The molecule has 0 unspecified atom stereocenters. The molecule has 0 saturated heterocycles. The molecular formula is AgO6Sn2Ti2Zn3. The standard InChI is InChI=1S/Ag.6O.2Sn.2Ti.3Zn/q;;;4*-1;;;;;;2*+2. The average Bonchev–Trinajstić information content (AvgIpc) is 1.25. The second kappa shape index (κ2) is 43.0. The molecular weight excluding hydrogens is 733 g/mol. The van der Waals surface area contributed by atoms with Gasteiger partial charge in [0.15, 0.2) is 0 Å². The van der Waals surface area contributed by atoms with Crippen LogP contribution in [0.4, 0.5) is 0 Å². The molecule has 0 aliphatic carbocycles. The molecule has 0 aliphatic heterocycles. The fourth-order valence-corrected chi connectivity index (χ4v) is 0. The van der Waals surface area contributed by atoms with Crippen LogP contribution in [0.15, 0.2) is 0 Å². The third-order valence-corrected chi connectivity index (χ3v) is 0. The van der Waals surface area contributed by atoms with Crippen molar-refractivity contribution in [1.82, 2.24) is 0 Å². The monoisotopic (exact) mass is 730 g/mol. The summed E-state index contributed by atoms with van der Waals surface area (Å²) in [5, 5.41) is 0. The molecule has 0 fully saturated rings. The Bertz CT molecular complexity index is 87.1. The summed E-state index contributed by atoms with van der Waals surface area (Å²) in [6.07, 6.45) is 0. The van der Waals surface area contributed by atoms with E-state index in [1.54, 1.807) is 0 Å². The van der Waals surface area contributed by atoms with Crippen LogP contribution < -0.4 is 13.8 Å². The van der Waals surface area contributed by atoms with E-state index in [0.717, 1.165) is 0 Å². The van der Waals surface area contributed by atoms with E-state index in [2.05, 4.69) is 0 Å². The first-order chi connectivity index (χ1) is 3.46. The molecule has 0 aliphatic rings. The van der Waals surface area contributed by atoms with E-state index in [0.29, 0.717) is 0 Å². The molecule has 0 rings (SSSR count). The molecule has 0 spiro atoms. The summed E-state index contributed by atoms with van der Waals surface area (Å²) in [4.78, 5) is 0. The predicted octanol–water partition coefficient (Wildman–Crippen LogP) is -5.77. The summed E-state index contributed by atoms with van der Waals surface area (Å²) in [5.41, 5.74) is 0. The third kappa shape index (κ3) is 171. The molecule has 69 valence electrons. The quantitative estimate of drug-likeness (QED) is 0.229. The molecule has 0 saturated carbocycles. The Kier molecular flexibility index (Phi) is 156. The van der Waals surface area contributed by atoms with Crippen molar-refractivity contribution < 1.29 is 144 Å². The van der Waals surface area contributed by atoms with Gasteiger partial charge in [0.05, 0.1) is 0 Å². The molecule has 0 aromatic carbocycles. The maximum absolute atomic E-state index is 8.61. The van der Waals surface area contributed by atoms with Crippen LogP contribution in [0.1, 0.15) is 0 Å². The van der Waals surface area contributed by atoms with Crippen molar-refractivity contribution in [3.05, 3.63) is 0 Å². The van der Waals surface area contributed by atoms with Gasteiger partial charge in [-0.2, -0.15) is 0 Å². The Hall–Kier alpha value is 5.08. The van der Waals surface area contributed by atoms with E-state index < -0.39 is 41.1 Å². The van der Waals surface area contributed by atoms with Gasteiger partial charge in [-0.1, -0.05) is 0 Å². The van der Waals surface area contributed by atoms with Gasteiger partial charge >= 0.3 is 100 Å². The summed E-state index contributed by atoms with van der Waals surface area (Å²) >= 11 is -8.59. The van der Waals surface area contributed by atoms with Crippen LogP contribution in [0.3, 0.4) is 0 Å². The molecule has 0 N–H and O–H groups in total. The Labute approximate surface area is 181 Å². The first-order valence-corrected chi connectivity index (χ1v) is 8.22. The molecule has 0 aromatic rings. The van der Waals surface area contributed by atoms with Crippen LogP contribution in [0.25, 0.3) is 0 Å². The van der Waals surface area contributed by atoms with Gasteiger partial charge in [0, 0.05) is 85.3 Å². The molecule has 1 radical (unpaired) electrons. The van der Waals surface area contributed by atoms with Crippen LogP contribution >= 0.6 is 0 Å². The molecule has 0 amide bonds. The van der Waals surface area contributed by atoms with Crippen molar-refractivity contribution >= 4 is 41.1 Å². The van der Waals surface area contributed by atoms with E-state index in [9.17, 15) is 0 Å². The van der Waals surface area contributed by atoms with Gasteiger partial charge in [-0.15, -0.1) is 0 Å². The van der Waals surface area contributed by atoms with E-state index >= 15 is 0 Å². The summed E-state index contributed by atoms with van der Waals surface area (Å²) < 4.78 is 51.7. The molecule has 14 heteroatoms. The first kappa shape index (κ1) is 50.8. The molecule has 0 atom stereocenters. The summed E-state index contributed by atoms with van der Waals surface area (Å²) in [5.74, 6) is 0. The maximum Gasteiger partial charge on any atom is 2.00 e. The second-order valence-corrected chi connectivity index (χ2v) is 3.35. The van der Waals surface area contributed by atoms with Crippen LogP contribution in [0.2, 0.25) is 0 Å². The van der Waals surface area contributed by atoms with Gasteiger partial charge in [-0.05, 0) is 0 Å². The first-order valence-electron chi connectivity index (χ1n) is 1.22. The zero-order chi connectivity index (χ0) is 7.15. The van der Waals surface area contributed by atoms with Gasteiger partial charge in [-0.3, -0.25) is 0 Å². The van der Waals surface area contributed by atoms with E-state index in [1.165, 1.54) is 0 Å². The Morgan fingerprint density at radius 2 is 0.714 bits per heavy atom. The van der Waals surface area contributed by atoms with Crippen molar-refractivity contribution in [3.63, 3.8) is 0 Å². The summed E-state index contributed by atoms with van der Waals surface area (Å²) in [6.45, 7) is 0. The van der Waals surface area contributed by atoms with E-state index in [1.807, 2.05) is 0 Å². The van der Waals surface area contributed by atoms with Gasteiger partial charge in [-0.25, -0.2) is 0 Å². The predicted molar refractivity (Wildman–Crippen MR) is 12.9 cm³/mol. The van der Waals surface area contributed by atoms with Crippen molar-refractivity contribution in [2.24, 2.45) is 0 Å². The fraction of sp³-hybridized carbons (Fsp3) is 0. The zero-order valence-corrected chi connectivity index (χ0v) is 26.1. The Balaban J connectivity index is -0.00000000600. The van der Waals surface area contributed by atoms with E-state index in [-0.39, 0.29) is 124 Å². The van der Waals surface area contributed by atoms with E-state index in [4.69, 9.17) is 19.9 Å². The minimum Gasteiger partial charge on any atom is 0 e. The van der Waals surface area contributed by atoms with Crippen LogP contribution in [-0.2, 0) is 130 Å². The summed E-state index contributed by atoms with van der Waals surface area (Å²) in [7, 11) is 0. The largest absolute Gasteiger partial charge is 2.00 e. The molecule has 0 aromatic heterocycles. The van der Waals surface area contributed by atoms with Crippen molar-refractivity contribution in [2.75, 3.05) is 0 Å². The van der Waals surface area contributed by atoms with Crippen molar-refractivity contribution in [1.29, 1.82) is 0 Å². The smallest absolute Gasteiger partial charge is 0 e. The molecule has 0 bridgehead atoms. The molecule has 6 nitrogen and oxygen atoms in total. The van der Waals surface area contributed by atoms with Gasteiger partial charge in [0.2, 0.25) is 0 Å².